The molecule has 3 heteroatoms. The van der Waals surface area contributed by atoms with E-state index in [-0.39, 0.29) is 5.38 Å². The first-order valence-corrected chi connectivity index (χ1v) is 6.35. The molecule has 1 atom stereocenters. The molecule has 0 saturated heterocycles. The molecule has 1 aliphatic carbocycles. The van der Waals surface area contributed by atoms with Crippen molar-refractivity contribution in [2.75, 3.05) is 13.1 Å². The van der Waals surface area contributed by atoms with Gasteiger partial charge < -0.3 is 0 Å². The van der Waals surface area contributed by atoms with Crippen molar-refractivity contribution < 1.29 is 0 Å². The molecular formula is C12H21ClN2. The highest BCUT2D eigenvalue weighted by molar-refractivity contribution is 6.22. The molecule has 0 aromatic heterocycles. The molecule has 1 aliphatic rings. The lowest BCUT2D eigenvalue weighted by Gasteiger charge is -2.30. The van der Waals surface area contributed by atoms with Crippen molar-refractivity contribution in [1.29, 1.82) is 5.26 Å². The van der Waals surface area contributed by atoms with Crippen LogP contribution in [-0.2, 0) is 0 Å². The van der Waals surface area contributed by atoms with Crippen LogP contribution in [0.15, 0.2) is 0 Å². The van der Waals surface area contributed by atoms with Gasteiger partial charge in [-0.1, -0.05) is 26.7 Å². The Hall–Kier alpha value is -0.260. The van der Waals surface area contributed by atoms with Gasteiger partial charge in [0.05, 0.1) is 6.07 Å². The average Bonchev–Trinajstić information content (AvgIpc) is 2.68. The molecule has 1 unspecified atom stereocenters. The van der Waals surface area contributed by atoms with E-state index in [4.69, 9.17) is 16.9 Å². The van der Waals surface area contributed by atoms with Crippen molar-refractivity contribution in [2.24, 2.45) is 5.92 Å². The lowest BCUT2D eigenvalue weighted by atomic mass is 10.1. The predicted molar refractivity (Wildman–Crippen MR) is 63.9 cm³/mol. The number of nitriles is 1. The van der Waals surface area contributed by atoms with Gasteiger partial charge in [0.15, 0.2) is 0 Å². The summed E-state index contributed by atoms with van der Waals surface area (Å²) >= 11 is 5.92. The van der Waals surface area contributed by atoms with Crippen LogP contribution >= 0.6 is 11.6 Å². The molecule has 1 rings (SSSR count). The average molecular weight is 229 g/mol. The van der Waals surface area contributed by atoms with E-state index in [1.54, 1.807) is 0 Å². The number of halogens is 1. The van der Waals surface area contributed by atoms with Gasteiger partial charge in [-0.05, 0) is 18.8 Å². The third-order valence-electron chi connectivity index (χ3n) is 2.98. The van der Waals surface area contributed by atoms with E-state index in [0.29, 0.717) is 12.0 Å². The van der Waals surface area contributed by atoms with Gasteiger partial charge in [0, 0.05) is 19.1 Å². The first-order chi connectivity index (χ1) is 7.13. The highest BCUT2D eigenvalue weighted by atomic mass is 35.5. The van der Waals surface area contributed by atoms with Crippen LogP contribution in [-0.4, -0.2) is 29.4 Å². The monoisotopic (exact) mass is 228 g/mol. The van der Waals surface area contributed by atoms with Crippen LogP contribution in [0, 0.1) is 17.2 Å². The van der Waals surface area contributed by atoms with Crippen LogP contribution in [0.1, 0.15) is 39.5 Å². The smallest absolute Gasteiger partial charge is 0.133 e. The van der Waals surface area contributed by atoms with E-state index in [2.05, 4.69) is 24.8 Å². The topological polar surface area (TPSA) is 27.0 Å². The minimum atomic E-state index is -0.357. The van der Waals surface area contributed by atoms with Crippen LogP contribution in [0.2, 0.25) is 0 Å². The molecule has 86 valence electrons. The Bertz CT molecular complexity index is 216. The summed E-state index contributed by atoms with van der Waals surface area (Å²) in [6, 6.07) is 2.78. The second kappa shape index (κ2) is 6.35. The Morgan fingerprint density at radius 1 is 1.33 bits per heavy atom. The molecule has 15 heavy (non-hydrogen) atoms. The zero-order valence-electron chi connectivity index (χ0n) is 9.75. The van der Waals surface area contributed by atoms with Crippen LogP contribution in [0.5, 0.6) is 0 Å². The summed E-state index contributed by atoms with van der Waals surface area (Å²) in [4.78, 5) is 2.42. The second-order valence-corrected chi connectivity index (χ2v) is 5.41. The normalized spacial score (nSPS) is 19.7. The largest absolute Gasteiger partial charge is 0.298 e. The molecule has 0 spiro atoms. The van der Waals surface area contributed by atoms with Crippen LogP contribution in [0.3, 0.4) is 0 Å². The van der Waals surface area contributed by atoms with E-state index in [1.165, 1.54) is 25.7 Å². The number of alkyl halides is 1. The first kappa shape index (κ1) is 12.8. The minimum Gasteiger partial charge on any atom is -0.298 e. The van der Waals surface area contributed by atoms with Crippen molar-refractivity contribution in [3.8, 4) is 6.07 Å². The molecule has 0 aromatic rings. The van der Waals surface area contributed by atoms with Crippen molar-refractivity contribution in [2.45, 2.75) is 50.9 Å². The van der Waals surface area contributed by atoms with Crippen LogP contribution in [0.4, 0.5) is 0 Å². The van der Waals surface area contributed by atoms with Gasteiger partial charge in [0.2, 0.25) is 0 Å². The third kappa shape index (κ3) is 4.40. The lowest BCUT2D eigenvalue weighted by Crippen LogP contribution is -2.39. The fourth-order valence-electron chi connectivity index (χ4n) is 2.36. The number of hydrogen-bond acceptors (Lipinski definition) is 2. The van der Waals surface area contributed by atoms with Crippen LogP contribution in [0.25, 0.3) is 0 Å². The maximum Gasteiger partial charge on any atom is 0.133 e. The van der Waals surface area contributed by atoms with Crippen molar-refractivity contribution in [3.05, 3.63) is 0 Å². The van der Waals surface area contributed by atoms with Gasteiger partial charge in [0.1, 0.15) is 5.38 Å². The Kier molecular flexibility index (Phi) is 5.42. The van der Waals surface area contributed by atoms with Gasteiger partial charge in [-0.25, -0.2) is 0 Å². The fourth-order valence-corrected chi connectivity index (χ4v) is 2.54. The zero-order chi connectivity index (χ0) is 11.3. The Labute approximate surface area is 98.2 Å². The molecule has 1 fully saturated rings. The molecule has 0 amide bonds. The summed E-state index contributed by atoms with van der Waals surface area (Å²) < 4.78 is 0. The minimum absolute atomic E-state index is 0.357. The van der Waals surface area contributed by atoms with E-state index < -0.39 is 0 Å². The summed E-state index contributed by atoms with van der Waals surface area (Å²) in [6.07, 6.45) is 5.22. The summed E-state index contributed by atoms with van der Waals surface area (Å²) in [5.74, 6) is 0.646. The number of hydrogen-bond donors (Lipinski definition) is 0. The Morgan fingerprint density at radius 3 is 2.40 bits per heavy atom. The zero-order valence-corrected chi connectivity index (χ0v) is 10.5. The van der Waals surface area contributed by atoms with E-state index in [1.807, 2.05) is 0 Å². The maximum atomic E-state index is 8.75. The lowest BCUT2D eigenvalue weighted by molar-refractivity contribution is 0.182. The van der Waals surface area contributed by atoms with Crippen LogP contribution < -0.4 is 0 Å². The number of rotatable bonds is 5. The molecule has 0 radical (unpaired) electrons. The first-order valence-electron chi connectivity index (χ1n) is 5.91. The highest BCUT2D eigenvalue weighted by Gasteiger charge is 2.24. The highest BCUT2D eigenvalue weighted by Crippen LogP contribution is 2.24. The molecule has 0 aliphatic heterocycles. The van der Waals surface area contributed by atoms with Crippen molar-refractivity contribution in [1.82, 2.24) is 4.90 Å². The van der Waals surface area contributed by atoms with Crippen molar-refractivity contribution >= 4 is 11.6 Å². The van der Waals surface area contributed by atoms with Gasteiger partial charge >= 0.3 is 0 Å². The van der Waals surface area contributed by atoms with E-state index in [0.717, 1.165) is 13.1 Å². The summed E-state index contributed by atoms with van der Waals surface area (Å²) in [6.45, 7) is 6.23. The summed E-state index contributed by atoms with van der Waals surface area (Å²) in [7, 11) is 0. The van der Waals surface area contributed by atoms with Crippen molar-refractivity contribution in [3.63, 3.8) is 0 Å². The standard InChI is InChI=1S/C12H21ClN2/c1-10(2)8-15(9-11(13)7-14)12-5-3-4-6-12/h10-12H,3-6,8-9H2,1-2H3. The van der Waals surface area contributed by atoms with Gasteiger partial charge in [-0.3, -0.25) is 4.90 Å². The fraction of sp³-hybridized carbons (Fsp3) is 0.917. The molecular weight excluding hydrogens is 208 g/mol. The Balaban J connectivity index is 2.48. The quantitative estimate of drug-likeness (QED) is 0.677. The summed E-state index contributed by atoms with van der Waals surface area (Å²) in [5.41, 5.74) is 0. The van der Waals surface area contributed by atoms with Gasteiger partial charge in [0.25, 0.3) is 0 Å². The molecule has 0 heterocycles. The second-order valence-electron chi connectivity index (χ2n) is 4.88. The maximum absolute atomic E-state index is 8.75. The SMILES string of the molecule is CC(C)CN(CC(Cl)C#N)C1CCCC1. The summed E-state index contributed by atoms with van der Waals surface area (Å²) in [5, 5.41) is 8.39. The molecule has 0 bridgehead atoms. The molecule has 0 N–H and O–H groups in total. The molecule has 0 aromatic carbocycles. The molecule has 2 nitrogen and oxygen atoms in total. The van der Waals surface area contributed by atoms with Gasteiger partial charge in [-0.15, -0.1) is 11.6 Å². The molecule has 1 saturated carbocycles. The third-order valence-corrected chi connectivity index (χ3v) is 3.21. The van der Waals surface area contributed by atoms with E-state index >= 15 is 0 Å². The van der Waals surface area contributed by atoms with E-state index in [9.17, 15) is 0 Å². The predicted octanol–water partition coefficient (Wildman–Crippen LogP) is 3.02. The van der Waals surface area contributed by atoms with Gasteiger partial charge in [-0.2, -0.15) is 5.26 Å². The number of nitrogens with zero attached hydrogens (tertiary/aromatic N) is 2. The Morgan fingerprint density at radius 2 is 1.93 bits per heavy atom.